The van der Waals surface area contributed by atoms with Gasteiger partial charge in [-0.3, -0.25) is 0 Å². The van der Waals surface area contributed by atoms with Gasteiger partial charge in [0.25, 0.3) is 0 Å². The minimum atomic E-state index is -0.988. The average Bonchev–Trinajstić information content (AvgIpc) is 2.30. The van der Waals surface area contributed by atoms with E-state index in [0.29, 0.717) is 19.8 Å². The number of benzene rings is 1. The fourth-order valence-electron chi connectivity index (χ4n) is 2.07. The number of ether oxygens (including phenoxy) is 3. The molecule has 1 aliphatic rings. The molecule has 2 rings (SSSR count). The van der Waals surface area contributed by atoms with Crippen molar-refractivity contribution in [1.82, 2.24) is 0 Å². The van der Waals surface area contributed by atoms with Crippen LogP contribution >= 0.6 is 0 Å². The van der Waals surface area contributed by atoms with Gasteiger partial charge in [0.1, 0.15) is 0 Å². The lowest BCUT2D eigenvalue weighted by molar-refractivity contribution is -0.395. The highest BCUT2D eigenvalue weighted by molar-refractivity contribution is 5.31. The van der Waals surface area contributed by atoms with Crippen molar-refractivity contribution in [3.63, 3.8) is 0 Å². The molecule has 0 saturated heterocycles. The molecule has 0 radical (unpaired) electrons. The minimum Gasteiger partial charge on any atom is -0.324 e. The lowest BCUT2D eigenvalue weighted by atomic mass is 10.0. The molecule has 1 aromatic carbocycles. The van der Waals surface area contributed by atoms with E-state index in [2.05, 4.69) is 6.07 Å². The van der Waals surface area contributed by atoms with E-state index in [0.717, 1.165) is 12.0 Å². The molecule has 0 unspecified atom stereocenters. The zero-order valence-electron chi connectivity index (χ0n) is 9.86. The van der Waals surface area contributed by atoms with Crippen molar-refractivity contribution < 1.29 is 14.2 Å². The van der Waals surface area contributed by atoms with E-state index in [9.17, 15) is 0 Å². The van der Waals surface area contributed by atoms with E-state index in [1.807, 2.05) is 32.0 Å². The van der Waals surface area contributed by atoms with Gasteiger partial charge in [0.05, 0.1) is 6.61 Å². The monoisotopic (exact) mass is 222 g/mol. The molecular weight excluding hydrogens is 204 g/mol. The van der Waals surface area contributed by atoms with Gasteiger partial charge in [-0.25, -0.2) is 0 Å². The zero-order chi connectivity index (χ0) is 11.4. The predicted molar refractivity (Wildman–Crippen MR) is 61.0 cm³/mol. The van der Waals surface area contributed by atoms with Gasteiger partial charge in [-0.15, -0.1) is 0 Å². The third-order valence-electron chi connectivity index (χ3n) is 2.68. The maximum Gasteiger partial charge on any atom is 0.312 e. The Bertz CT molecular complexity index is 343. The van der Waals surface area contributed by atoms with Gasteiger partial charge in [0.15, 0.2) is 0 Å². The van der Waals surface area contributed by atoms with Crippen LogP contribution in [0.15, 0.2) is 24.3 Å². The molecule has 1 heterocycles. The van der Waals surface area contributed by atoms with Crippen molar-refractivity contribution in [3.05, 3.63) is 35.4 Å². The third kappa shape index (κ3) is 1.98. The second-order valence-corrected chi connectivity index (χ2v) is 3.68. The molecule has 3 heteroatoms. The molecule has 1 aliphatic heterocycles. The highest BCUT2D eigenvalue weighted by Gasteiger charge is 2.39. The van der Waals surface area contributed by atoms with Gasteiger partial charge < -0.3 is 14.2 Å². The summed E-state index contributed by atoms with van der Waals surface area (Å²) in [6.07, 6.45) is 0.915. The largest absolute Gasteiger partial charge is 0.324 e. The highest BCUT2D eigenvalue weighted by atomic mass is 16.9. The molecule has 1 aromatic rings. The SMILES string of the molecule is CCOC1(OCC)OCCc2ccccc21. The van der Waals surface area contributed by atoms with E-state index < -0.39 is 5.97 Å². The molecule has 0 aromatic heterocycles. The Morgan fingerprint density at radius 1 is 1.19 bits per heavy atom. The first-order chi connectivity index (χ1) is 7.82. The topological polar surface area (TPSA) is 27.7 Å². The number of fused-ring (bicyclic) bond motifs is 1. The number of hydrogen-bond acceptors (Lipinski definition) is 3. The van der Waals surface area contributed by atoms with Gasteiger partial charge in [0, 0.05) is 18.8 Å². The Balaban J connectivity index is 2.39. The van der Waals surface area contributed by atoms with Crippen LogP contribution in [-0.4, -0.2) is 19.8 Å². The van der Waals surface area contributed by atoms with Gasteiger partial charge >= 0.3 is 5.97 Å². The average molecular weight is 222 g/mol. The van der Waals surface area contributed by atoms with Crippen LogP contribution in [0.2, 0.25) is 0 Å². The Morgan fingerprint density at radius 3 is 2.56 bits per heavy atom. The van der Waals surface area contributed by atoms with Crippen LogP contribution in [0.4, 0.5) is 0 Å². The minimum absolute atomic E-state index is 0.564. The lowest BCUT2D eigenvalue weighted by Crippen LogP contribution is -2.41. The van der Waals surface area contributed by atoms with Crippen molar-refractivity contribution in [1.29, 1.82) is 0 Å². The standard InChI is InChI=1S/C13H18O3/c1-3-14-13(15-4-2)12-8-6-5-7-11(12)9-10-16-13/h5-8H,3-4,9-10H2,1-2H3. The second-order valence-electron chi connectivity index (χ2n) is 3.68. The summed E-state index contributed by atoms with van der Waals surface area (Å²) < 4.78 is 17.1. The molecule has 0 N–H and O–H groups in total. The van der Waals surface area contributed by atoms with Crippen molar-refractivity contribution in [2.75, 3.05) is 19.8 Å². The van der Waals surface area contributed by atoms with Crippen molar-refractivity contribution in [2.24, 2.45) is 0 Å². The van der Waals surface area contributed by atoms with E-state index in [-0.39, 0.29) is 0 Å². The molecule has 0 amide bonds. The smallest absolute Gasteiger partial charge is 0.312 e. The number of rotatable bonds is 4. The summed E-state index contributed by atoms with van der Waals surface area (Å²) in [5.74, 6) is -0.988. The maximum atomic E-state index is 5.73. The summed E-state index contributed by atoms with van der Waals surface area (Å²) in [4.78, 5) is 0. The Labute approximate surface area is 96.3 Å². The molecule has 88 valence electrons. The van der Waals surface area contributed by atoms with E-state index in [1.165, 1.54) is 5.56 Å². The van der Waals surface area contributed by atoms with Crippen molar-refractivity contribution in [3.8, 4) is 0 Å². The van der Waals surface area contributed by atoms with E-state index >= 15 is 0 Å². The molecule has 0 saturated carbocycles. The fourth-order valence-corrected chi connectivity index (χ4v) is 2.07. The van der Waals surface area contributed by atoms with Crippen LogP contribution in [0.25, 0.3) is 0 Å². The van der Waals surface area contributed by atoms with Crippen LogP contribution in [0.3, 0.4) is 0 Å². The lowest BCUT2D eigenvalue weighted by Gasteiger charge is -2.37. The van der Waals surface area contributed by atoms with Gasteiger partial charge in [-0.05, 0) is 25.8 Å². The molecule has 3 nitrogen and oxygen atoms in total. The van der Waals surface area contributed by atoms with E-state index in [4.69, 9.17) is 14.2 Å². The molecule has 0 fully saturated rings. The van der Waals surface area contributed by atoms with Crippen LogP contribution in [0, 0.1) is 0 Å². The van der Waals surface area contributed by atoms with Gasteiger partial charge in [0.2, 0.25) is 0 Å². The highest BCUT2D eigenvalue weighted by Crippen LogP contribution is 2.35. The third-order valence-corrected chi connectivity index (χ3v) is 2.68. The quantitative estimate of drug-likeness (QED) is 0.732. The van der Waals surface area contributed by atoms with Crippen LogP contribution in [0.5, 0.6) is 0 Å². The van der Waals surface area contributed by atoms with Crippen molar-refractivity contribution in [2.45, 2.75) is 26.2 Å². The molecule has 0 atom stereocenters. The molecule has 16 heavy (non-hydrogen) atoms. The maximum absolute atomic E-state index is 5.73. The number of hydrogen-bond donors (Lipinski definition) is 0. The Morgan fingerprint density at radius 2 is 1.88 bits per heavy atom. The van der Waals surface area contributed by atoms with Crippen LogP contribution in [0.1, 0.15) is 25.0 Å². The summed E-state index contributed by atoms with van der Waals surface area (Å²) in [7, 11) is 0. The van der Waals surface area contributed by atoms with Gasteiger partial charge in [-0.2, -0.15) is 0 Å². The molecular formula is C13H18O3. The second kappa shape index (κ2) is 4.95. The molecule has 0 aliphatic carbocycles. The van der Waals surface area contributed by atoms with Gasteiger partial charge in [-0.1, -0.05) is 24.3 Å². The normalized spacial score (nSPS) is 18.1. The summed E-state index contributed by atoms with van der Waals surface area (Å²) in [6.45, 7) is 5.66. The first-order valence-electron chi connectivity index (χ1n) is 5.82. The molecule has 0 bridgehead atoms. The summed E-state index contributed by atoms with van der Waals surface area (Å²) in [5.41, 5.74) is 2.25. The Hall–Kier alpha value is -0.900. The Kier molecular flexibility index (Phi) is 3.59. The molecule has 0 spiro atoms. The van der Waals surface area contributed by atoms with Crippen LogP contribution in [-0.2, 0) is 26.6 Å². The summed E-state index contributed by atoms with van der Waals surface area (Å²) in [6, 6.07) is 8.14. The zero-order valence-corrected chi connectivity index (χ0v) is 9.86. The predicted octanol–water partition coefficient (Wildman–Crippen LogP) is 2.44. The van der Waals surface area contributed by atoms with Crippen molar-refractivity contribution >= 4 is 0 Å². The summed E-state index contributed by atoms with van der Waals surface area (Å²) >= 11 is 0. The fraction of sp³-hybridized carbons (Fsp3) is 0.538. The first kappa shape index (κ1) is 11.6. The summed E-state index contributed by atoms with van der Waals surface area (Å²) in [5, 5.41) is 0. The van der Waals surface area contributed by atoms with E-state index in [1.54, 1.807) is 0 Å². The van der Waals surface area contributed by atoms with Crippen LogP contribution < -0.4 is 0 Å². The first-order valence-corrected chi connectivity index (χ1v) is 5.82.